The standard InChI is InChI=1S/C16H29N/c1-11(12-5-6-12)10-17-14-15(2,3)13-7-8-16(14,4)9-13/h11-14,17H,5-10H2,1-4H3/t11?,13-,14?,16+/m0/s1. The van der Waals surface area contributed by atoms with Gasteiger partial charge in [-0.05, 0) is 67.2 Å². The smallest absolute Gasteiger partial charge is 0.0175 e. The second-order valence-electron chi connectivity index (χ2n) is 8.07. The summed E-state index contributed by atoms with van der Waals surface area (Å²) in [6.07, 6.45) is 7.36. The molecule has 1 heteroatoms. The predicted octanol–water partition coefficient (Wildman–Crippen LogP) is 3.84. The third kappa shape index (κ3) is 1.85. The minimum atomic E-state index is 0.524. The lowest BCUT2D eigenvalue weighted by atomic mass is 9.68. The molecule has 98 valence electrons. The van der Waals surface area contributed by atoms with E-state index in [9.17, 15) is 0 Å². The third-order valence-electron chi connectivity index (χ3n) is 6.34. The van der Waals surface area contributed by atoms with E-state index >= 15 is 0 Å². The molecule has 2 unspecified atom stereocenters. The Kier molecular flexibility index (Phi) is 2.63. The first-order valence-corrected chi connectivity index (χ1v) is 7.67. The van der Waals surface area contributed by atoms with Gasteiger partial charge in [0.25, 0.3) is 0 Å². The summed E-state index contributed by atoms with van der Waals surface area (Å²) in [5.41, 5.74) is 1.12. The van der Waals surface area contributed by atoms with Crippen LogP contribution in [0, 0.1) is 28.6 Å². The van der Waals surface area contributed by atoms with Crippen LogP contribution >= 0.6 is 0 Å². The van der Waals surface area contributed by atoms with Crippen molar-refractivity contribution in [2.24, 2.45) is 28.6 Å². The summed E-state index contributed by atoms with van der Waals surface area (Å²) in [4.78, 5) is 0. The summed E-state index contributed by atoms with van der Waals surface area (Å²) in [7, 11) is 0. The molecule has 3 saturated carbocycles. The molecule has 4 atom stereocenters. The third-order valence-corrected chi connectivity index (χ3v) is 6.34. The van der Waals surface area contributed by atoms with E-state index in [1.807, 2.05) is 0 Å². The largest absolute Gasteiger partial charge is 0.313 e. The van der Waals surface area contributed by atoms with Gasteiger partial charge < -0.3 is 5.32 Å². The molecule has 0 aromatic heterocycles. The quantitative estimate of drug-likeness (QED) is 0.781. The Morgan fingerprint density at radius 3 is 2.41 bits per heavy atom. The molecule has 0 aliphatic heterocycles. The lowest BCUT2D eigenvalue weighted by Gasteiger charge is -2.43. The summed E-state index contributed by atoms with van der Waals surface area (Å²) >= 11 is 0. The summed E-state index contributed by atoms with van der Waals surface area (Å²) in [6, 6.07) is 0.759. The van der Waals surface area contributed by atoms with Gasteiger partial charge in [0.15, 0.2) is 0 Å². The normalized spacial score (nSPS) is 45.2. The SMILES string of the molecule is CC(CNC1C(C)(C)[C@H]2CC[C@]1(C)C2)C1CC1. The fourth-order valence-electron chi connectivity index (χ4n) is 4.95. The van der Waals surface area contributed by atoms with Gasteiger partial charge in [0, 0.05) is 6.04 Å². The van der Waals surface area contributed by atoms with Crippen molar-refractivity contribution in [2.45, 2.75) is 65.8 Å². The number of hydrogen-bond acceptors (Lipinski definition) is 1. The average molecular weight is 235 g/mol. The highest BCUT2D eigenvalue weighted by molar-refractivity contribution is 5.12. The molecule has 3 aliphatic rings. The average Bonchev–Trinajstić information content (AvgIpc) is 2.98. The van der Waals surface area contributed by atoms with Crippen LogP contribution in [0.15, 0.2) is 0 Å². The van der Waals surface area contributed by atoms with Crippen LogP contribution in [0.1, 0.15) is 59.8 Å². The fraction of sp³-hybridized carbons (Fsp3) is 1.00. The fourth-order valence-corrected chi connectivity index (χ4v) is 4.95. The van der Waals surface area contributed by atoms with Crippen molar-refractivity contribution in [3.05, 3.63) is 0 Å². The zero-order valence-electron chi connectivity index (χ0n) is 12.1. The van der Waals surface area contributed by atoms with Crippen molar-refractivity contribution in [3.63, 3.8) is 0 Å². The molecule has 0 radical (unpaired) electrons. The van der Waals surface area contributed by atoms with Crippen molar-refractivity contribution < 1.29 is 0 Å². The van der Waals surface area contributed by atoms with E-state index in [0.29, 0.717) is 10.8 Å². The van der Waals surface area contributed by atoms with Crippen molar-refractivity contribution >= 4 is 0 Å². The Morgan fingerprint density at radius 2 is 1.88 bits per heavy atom. The van der Waals surface area contributed by atoms with Gasteiger partial charge >= 0.3 is 0 Å². The molecule has 0 aromatic rings. The lowest BCUT2D eigenvalue weighted by molar-refractivity contribution is 0.105. The Labute approximate surface area is 107 Å². The first-order chi connectivity index (χ1) is 7.93. The maximum absolute atomic E-state index is 3.96. The Hall–Kier alpha value is -0.0400. The molecule has 0 saturated heterocycles. The summed E-state index contributed by atoms with van der Waals surface area (Å²) in [6.45, 7) is 11.2. The molecule has 1 nitrogen and oxygen atoms in total. The van der Waals surface area contributed by atoms with Crippen LogP contribution in [-0.4, -0.2) is 12.6 Å². The van der Waals surface area contributed by atoms with E-state index in [1.165, 1.54) is 38.6 Å². The second kappa shape index (κ2) is 3.73. The Morgan fingerprint density at radius 1 is 1.18 bits per heavy atom. The number of hydrogen-bond donors (Lipinski definition) is 1. The van der Waals surface area contributed by atoms with Gasteiger partial charge in [-0.2, -0.15) is 0 Å². The Bertz CT molecular complexity index is 300. The maximum Gasteiger partial charge on any atom is 0.0175 e. The van der Waals surface area contributed by atoms with Gasteiger partial charge in [0.05, 0.1) is 0 Å². The summed E-state index contributed by atoms with van der Waals surface area (Å²) in [5.74, 6) is 2.91. The van der Waals surface area contributed by atoms with Crippen LogP contribution in [-0.2, 0) is 0 Å². The number of fused-ring (bicyclic) bond motifs is 2. The molecule has 0 heterocycles. The van der Waals surface area contributed by atoms with Crippen molar-refractivity contribution in [3.8, 4) is 0 Å². The van der Waals surface area contributed by atoms with E-state index in [2.05, 4.69) is 33.0 Å². The summed E-state index contributed by atoms with van der Waals surface area (Å²) in [5, 5.41) is 3.96. The molecule has 2 bridgehead atoms. The van der Waals surface area contributed by atoms with Gasteiger partial charge in [-0.15, -0.1) is 0 Å². The molecule has 0 amide bonds. The molecule has 3 aliphatic carbocycles. The monoisotopic (exact) mass is 235 g/mol. The minimum Gasteiger partial charge on any atom is -0.313 e. The van der Waals surface area contributed by atoms with Crippen molar-refractivity contribution in [1.29, 1.82) is 0 Å². The Balaban J connectivity index is 1.65. The number of rotatable bonds is 4. The van der Waals surface area contributed by atoms with Crippen LogP contribution in [0.25, 0.3) is 0 Å². The molecule has 0 aromatic carbocycles. The van der Waals surface area contributed by atoms with Gasteiger partial charge in [-0.25, -0.2) is 0 Å². The molecule has 3 fully saturated rings. The highest BCUT2D eigenvalue weighted by atomic mass is 15.0. The van der Waals surface area contributed by atoms with Gasteiger partial charge in [0.1, 0.15) is 0 Å². The molecular weight excluding hydrogens is 206 g/mol. The van der Waals surface area contributed by atoms with Gasteiger partial charge in [-0.1, -0.05) is 27.7 Å². The molecule has 3 rings (SSSR count). The minimum absolute atomic E-state index is 0.524. The first-order valence-electron chi connectivity index (χ1n) is 7.67. The van der Waals surface area contributed by atoms with E-state index < -0.39 is 0 Å². The van der Waals surface area contributed by atoms with Crippen LogP contribution in [0.4, 0.5) is 0 Å². The van der Waals surface area contributed by atoms with Crippen molar-refractivity contribution in [1.82, 2.24) is 5.32 Å². The topological polar surface area (TPSA) is 12.0 Å². The molecule has 17 heavy (non-hydrogen) atoms. The molecule has 1 N–H and O–H groups in total. The summed E-state index contributed by atoms with van der Waals surface area (Å²) < 4.78 is 0. The maximum atomic E-state index is 3.96. The number of nitrogens with one attached hydrogen (secondary N) is 1. The molecule has 0 spiro atoms. The second-order valence-corrected chi connectivity index (χ2v) is 8.07. The van der Waals surface area contributed by atoms with E-state index in [1.54, 1.807) is 0 Å². The van der Waals surface area contributed by atoms with Gasteiger partial charge in [0.2, 0.25) is 0 Å². The molecular formula is C16H29N. The van der Waals surface area contributed by atoms with Crippen molar-refractivity contribution in [2.75, 3.05) is 6.54 Å². The zero-order chi connectivity index (χ0) is 12.3. The van der Waals surface area contributed by atoms with E-state index in [4.69, 9.17) is 0 Å². The first kappa shape index (κ1) is 12.0. The lowest BCUT2D eigenvalue weighted by Crippen LogP contribution is -2.51. The van der Waals surface area contributed by atoms with Crippen LogP contribution in [0.5, 0.6) is 0 Å². The highest BCUT2D eigenvalue weighted by Gasteiger charge is 2.58. The zero-order valence-corrected chi connectivity index (χ0v) is 12.1. The highest BCUT2D eigenvalue weighted by Crippen LogP contribution is 2.62. The van der Waals surface area contributed by atoms with Crippen LogP contribution < -0.4 is 5.32 Å². The van der Waals surface area contributed by atoms with E-state index in [-0.39, 0.29) is 0 Å². The van der Waals surface area contributed by atoms with Crippen LogP contribution in [0.3, 0.4) is 0 Å². The van der Waals surface area contributed by atoms with E-state index in [0.717, 1.165) is 23.8 Å². The van der Waals surface area contributed by atoms with Crippen LogP contribution in [0.2, 0.25) is 0 Å². The predicted molar refractivity (Wildman–Crippen MR) is 72.9 cm³/mol. The van der Waals surface area contributed by atoms with Gasteiger partial charge in [-0.3, -0.25) is 0 Å².